The van der Waals surface area contributed by atoms with Crippen molar-refractivity contribution in [2.45, 2.75) is 11.9 Å². The first-order valence-corrected chi connectivity index (χ1v) is 4.56. The summed E-state index contributed by atoms with van der Waals surface area (Å²) in [7, 11) is 1.85. The second-order valence-electron chi connectivity index (χ2n) is 2.09. The molecule has 11 heavy (non-hydrogen) atoms. The van der Waals surface area contributed by atoms with Gasteiger partial charge in [-0.2, -0.15) is 0 Å². The number of aromatic nitrogens is 2. The lowest BCUT2D eigenvalue weighted by Crippen LogP contribution is -1.96. The highest BCUT2D eigenvalue weighted by molar-refractivity contribution is 7.98. The Balaban J connectivity index is 3.02. The van der Waals surface area contributed by atoms with Gasteiger partial charge in [0.05, 0.1) is 0 Å². The van der Waals surface area contributed by atoms with Gasteiger partial charge in [-0.3, -0.25) is 0 Å². The molecule has 1 rings (SSSR count). The first-order chi connectivity index (χ1) is 5.26. The number of rotatable bonds is 2. The van der Waals surface area contributed by atoms with Gasteiger partial charge in [0.2, 0.25) is 0 Å². The van der Waals surface area contributed by atoms with E-state index in [0.29, 0.717) is 0 Å². The van der Waals surface area contributed by atoms with Crippen LogP contribution in [0.4, 0.5) is 5.82 Å². The van der Waals surface area contributed by atoms with Crippen LogP contribution in [0.2, 0.25) is 0 Å². The molecule has 0 bridgehead atoms. The summed E-state index contributed by atoms with van der Waals surface area (Å²) in [5, 5.41) is 3.98. The van der Waals surface area contributed by atoms with E-state index in [2.05, 4.69) is 15.3 Å². The summed E-state index contributed by atoms with van der Waals surface area (Å²) < 4.78 is 0. The van der Waals surface area contributed by atoms with Crippen LogP contribution >= 0.6 is 11.8 Å². The lowest BCUT2D eigenvalue weighted by atomic mass is 10.5. The maximum atomic E-state index is 4.21. The molecule has 3 nitrogen and oxygen atoms in total. The summed E-state index contributed by atoms with van der Waals surface area (Å²) >= 11 is 1.62. The molecule has 0 unspecified atom stereocenters. The molecular weight excluding hydrogens is 158 g/mol. The monoisotopic (exact) mass is 169 g/mol. The van der Waals surface area contributed by atoms with Crippen LogP contribution in [-0.4, -0.2) is 23.3 Å². The summed E-state index contributed by atoms with van der Waals surface area (Å²) in [5.74, 6) is 1.68. The fraction of sp³-hybridized carbons (Fsp3) is 0.429. The van der Waals surface area contributed by atoms with E-state index in [0.717, 1.165) is 16.7 Å². The van der Waals surface area contributed by atoms with Gasteiger partial charge in [0.25, 0.3) is 0 Å². The molecule has 0 aliphatic carbocycles. The highest BCUT2D eigenvalue weighted by Crippen LogP contribution is 2.14. The van der Waals surface area contributed by atoms with Crippen molar-refractivity contribution < 1.29 is 0 Å². The zero-order valence-corrected chi connectivity index (χ0v) is 7.70. The van der Waals surface area contributed by atoms with Crippen LogP contribution in [0.15, 0.2) is 11.1 Å². The molecule has 0 aliphatic heterocycles. The second-order valence-corrected chi connectivity index (χ2v) is 2.92. The van der Waals surface area contributed by atoms with Crippen LogP contribution < -0.4 is 5.32 Å². The van der Waals surface area contributed by atoms with Crippen LogP contribution in [0.3, 0.4) is 0 Å². The van der Waals surface area contributed by atoms with Gasteiger partial charge in [-0.05, 0) is 13.2 Å². The van der Waals surface area contributed by atoms with Crippen molar-refractivity contribution in [1.29, 1.82) is 0 Å². The minimum Gasteiger partial charge on any atom is -0.373 e. The van der Waals surface area contributed by atoms with E-state index in [1.165, 1.54) is 0 Å². The third kappa shape index (κ3) is 2.08. The molecule has 0 saturated heterocycles. The molecule has 0 spiro atoms. The minimum atomic E-state index is 0.807. The number of hydrogen-bond donors (Lipinski definition) is 1. The van der Waals surface area contributed by atoms with Crippen molar-refractivity contribution in [2.75, 3.05) is 18.6 Å². The van der Waals surface area contributed by atoms with Gasteiger partial charge >= 0.3 is 0 Å². The second kappa shape index (κ2) is 3.57. The van der Waals surface area contributed by atoms with Crippen LogP contribution in [0.5, 0.6) is 0 Å². The average Bonchev–Trinajstić information content (AvgIpc) is 2.03. The van der Waals surface area contributed by atoms with Crippen LogP contribution in [0.25, 0.3) is 0 Å². The Morgan fingerprint density at radius 3 is 2.73 bits per heavy atom. The Bertz CT molecular complexity index is 227. The Morgan fingerprint density at radius 1 is 1.45 bits per heavy atom. The molecule has 1 heterocycles. The van der Waals surface area contributed by atoms with E-state index in [4.69, 9.17) is 0 Å². The molecule has 1 N–H and O–H groups in total. The highest BCUT2D eigenvalue weighted by Gasteiger charge is 1.97. The van der Waals surface area contributed by atoms with Gasteiger partial charge in [0.15, 0.2) is 0 Å². The molecule has 0 aromatic carbocycles. The van der Waals surface area contributed by atoms with Crippen LogP contribution in [0.1, 0.15) is 5.82 Å². The van der Waals surface area contributed by atoms with Crippen molar-refractivity contribution in [2.24, 2.45) is 0 Å². The first kappa shape index (κ1) is 8.33. The van der Waals surface area contributed by atoms with E-state index in [9.17, 15) is 0 Å². The number of anilines is 1. The lowest BCUT2D eigenvalue weighted by molar-refractivity contribution is 0.971. The molecule has 60 valence electrons. The standard InChI is InChI=1S/C7H11N3S/c1-5-9-6(8-2)4-7(10-5)11-3/h4H,1-3H3,(H,8,9,10). The number of nitrogens with one attached hydrogen (secondary N) is 1. The first-order valence-electron chi connectivity index (χ1n) is 3.33. The van der Waals surface area contributed by atoms with Gasteiger partial charge in [0, 0.05) is 13.1 Å². The summed E-state index contributed by atoms with van der Waals surface area (Å²) in [5.41, 5.74) is 0. The smallest absolute Gasteiger partial charge is 0.130 e. The Hall–Kier alpha value is -0.770. The molecule has 0 fully saturated rings. The van der Waals surface area contributed by atoms with Crippen molar-refractivity contribution in [1.82, 2.24) is 9.97 Å². The van der Waals surface area contributed by atoms with Crippen molar-refractivity contribution >= 4 is 17.6 Å². The van der Waals surface area contributed by atoms with E-state index >= 15 is 0 Å². The number of aryl methyl sites for hydroxylation is 1. The zero-order chi connectivity index (χ0) is 8.27. The fourth-order valence-corrected chi connectivity index (χ4v) is 1.23. The molecule has 4 heteroatoms. The number of hydrogen-bond acceptors (Lipinski definition) is 4. The molecule has 1 aromatic rings. The van der Waals surface area contributed by atoms with E-state index < -0.39 is 0 Å². The van der Waals surface area contributed by atoms with Crippen LogP contribution in [-0.2, 0) is 0 Å². The predicted octanol–water partition coefficient (Wildman–Crippen LogP) is 1.55. The number of thioether (sulfide) groups is 1. The zero-order valence-electron chi connectivity index (χ0n) is 6.88. The molecular formula is C7H11N3S. The Morgan fingerprint density at radius 2 is 2.18 bits per heavy atom. The SMILES string of the molecule is CNc1cc(SC)nc(C)n1. The Kier molecular flexibility index (Phi) is 2.70. The molecule has 0 atom stereocenters. The third-order valence-corrected chi connectivity index (χ3v) is 1.91. The fourth-order valence-electron chi connectivity index (χ4n) is 0.773. The van der Waals surface area contributed by atoms with E-state index in [-0.39, 0.29) is 0 Å². The molecule has 0 saturated carbocycles. The average molecular weight is 169 g/mol. The quantitative estimate of drug-likeness (QED) is 0.538. The molecule has 0 amide bonds. The Labute approximate surface area is 70.6 Å². The van der Waals surface area contributed by atoms with Crippen LogP contribution in [0, 0.1) is 6.92 Å². The topological polar surface area (TPSA) is 37.8 Å². The van der Waals surface area contributed by atoms with Crippen molar-refractivity contribution in [3.8, 4) is 0 Å². The normalized spacial score (nSPS) is 9.73. The summed E-state index contributed by atoms with van der Waals surface area (Å²) in [6.07, 6.45) is 2.00. The third-order valence-electron chi connectivity index (χ3n) is 1.28. The lowest BCUT2D eigenvalue weighted by Gasteiger charge is -2.01. The van der Waals surface area contributed by atoms with Crippen molar-refractivity contribution in [3.05, 3.63) is 11.9 Å². The van der Waals surface area contributed by atoms with E-state index in [1.54, 1.807) is 11.8 Å². The maximum Gasteiger partial charge on any atom is 0.130 e. The molecule has 1 aromatic heterocycles. The van der Waals surface area contributed by atoms with Gasteiger partial charge in [-0.25, -0.2) is 9.97 Å². The molecule has 0 radical (unpaired) electrons. The summed E-state index contributed by atoms with van der Waals surface area (Å²) in [4.78, 5) is 8.38. The maximum absolute atomic E-state index is 4.21. The van der Waals surface area contributed by atoms with E-state index in [1.807, 2.05) is 26.3 Å². The highest BCUT2D eigenvalue weighted by atomic mass is 32.2. The molecule has 0 aliphatic rings. The van der Waals surface area contributed by atoms with Gasteiger partial charge in [-0.1, -0.05) is 0 Å². The van der Waals surface area contributed by atoms with Crippen molar-refractivity contribution in [3.63, 3.8) is 0 Å². The van der Waals surface area contributed by atoms with Gasteiger partial charge in [0.1, 0.15) is 16.7 Å². The number of nitrogens with zero attached hydrogens (tertiary/aromatic N) is 2. The largest absolute Gasteiger partial charge is 0.373 e. The minimum absolute atomic E-state index is 0.807. The summed E-state index contributed by atoms with van der Waals surface area (Å²) in [6, 6.07) is 1.93. The summed E-state index contributed by atoms with van der Waals surface area (Å²) in [6.45, 7) is 1.89. The van der Waals surface area contributed by atoms with Gasteiger partial charge in [-0.15, -0.1) is 11.8 Å². The van der Waals surface area contributed by atoms with Gasteiger partial charge < -0.3 is 5.32 Å². The predicted molar refractivity (Wildman–Crippen MR) is 48.1 cm³/mol.